The molecule has 0 spiro atoms. The van der Waals surface area contributed by atoms with Crippen LogP contribution in [0.2, 0.25) is 5.02 Å². The van der Waals surface area contributed by atoms with E-state index in [0.717, 1.165) is 22.6 Å². The standard InChI is InChI=1S/C13H12ClN3/c1-9-3-4-11(14)8-13(9)17-10(2)7-12(16-17)5-6-15/h3-4,7-8H,5H2,1-2H3. The third kappa shape index (κ3) is 2.32. The van der Waals surface area contributed by atoms with Gasteiger partial charge in [-0.25, -0.2) is 4.68 Å². The fourth-order valence-corrected chi connectivity index (χ4v) is 1.93. The molecule has 0 unspecified atom stereocenters. The molecule has 0 aliphatic heterocycles. The van der Waals surface area contributed by atoms with Crippen LogP contribution in [0.25, 0.3) is 5.69 Å². The summed E-state index contributed by atoms with van der Waals surface area (Å²) in [7, 11) is 0. The molecule has 17 heavy (non-hydrogen) atoms. The van der Waals surface area contributed by atoms with Crippen molar-refractivity contribution in [2.24, 2.45) is 0 Å². The Kier molecular flexibility index (Phi) is 3.16. The summed E-state index contributed by atoms with van der Waals surface area (Å²) in [4.78, 5) is 0. The summed E-state index contributed by atoms with van der Waals surface area (Å²) in [5, 5.41) is 13.8. The highest BCUT2D eigenvalue weighted by Gasteiger charge is 2.08. The molecule has 4 heteroatoms. The van der Waals surface area contributed by atoms with Crippen molar-refractivity contribution < 1.29 is 0 Å². The summed E-state index contributed by atoms with van der Waals surface area (Å²) in [5.41, 5.74) is 3.84. The number of benzene rings is 1. The van der Waals surface area contributed by atoms with Gasteiger partial charge in [-0.15, -0.1) is 0 Å². The summed E-state index contributed by atoms with van der Waals surface area (Å²) in [5.74, 6) is 0. The van der Waals surface area contributed by atoms with Crippen molar-refractivity contribution in [3.63, 3.8) is 0 Å². The van der Waals surface area contributed by atoms with Gasteiger partial charge in [-0.2, -0.15) is 10.4 Å². The van der Waals surface area contributed by atoms with Gasteiger partial charge in [-0.1, -0.05) is 17.7 Å². The van der Waals surface area contributed by atoms with E-state index in [1.165, 1.54) is 0 Å². The number of aryl methyl sites for hydroxylation is 2. The predicted octanol–water partition coefficient (Wildman–Crippen LogP) is 3.21. The second-order valence-electron chi connectivity index (χ2n) is 3.95. The molecule has 2 aromatic rings. The first-order valence-corrected chi connectivity index (χ1v) is 5.68. The Morgan fingerprint density at radius 3 is 2.82 bits per heavy atom. The van der Waals surface area contributed by atoms with Gasteiger partial charge in [0.15, 0.2) is 0 Å². The lowest BCUT2D eigenvalue weighted by molar-refractivity contribution is 0.821. The number of hydrogen-bond acceptors (Lipinski definition) is 2. The first-order valence-electron chi connectivity index (χ1n) is 5.31. The predicted molar refractivity (Wildman–Crippen MR) is 67.4 cm³/mol. The maximum absolute atomic E-state index is 8.67. The first-order chi connectivity index (χ1) is 8.11. The van der Waals surface area contributed by atoms with Crippen LogP contribution in [0.5, 0.6) is 0 Å². The quantitative estimate of drug-likeness (QED) is 0.815. The Balaban J connectivity index is 2.53. The Morgan fingerprint density at radius 2 is 2.12 bits per heavy atom. The lowest BCUT2D eigenvalue weighted by Gasteiger charge is -2.08. The summed E-state index contributed by atoms with van der Waals surface area (Å²) >= 11 is 5.99. The molecule has 86 valence electrons. The van der Waals surface area contributed by atoms with Gasteiger partial charge in [-0.05, 0) is 37.6 Å². The third-order valence-corrected chi connectivity index (χ3v) is 2.83. The minimum atomic E-state index is 0.327. The molecule has 0 atom stereocenters. The van der Waals surface area contributed by atoms with Gasteiger partial charge in [0, 0.05) is 10.7 Å². The normalized spacial score (nSPS) is 10.2. The average molecular weight is 246 g/mol. The molecule has 0 saturated carbocycles. The van der Waals surface area contributed by atoms with Gasteiger partial charge in [0.2, 0.25) is 0 Å². The highest BCUT2D eigenvalue weighted by molar-refractivity contribution is 6.30. The zero-order chi connectivity index (χ0) is 12.4. The smallest absolute Gasteiger partial charge is 0.0793 e. The van der Waals surface area contributed by atoms with Crippen LogP contribution in [0.1, 0.15) is 17.0 Å². The monoisotopic (exact) mass is 245 g/mol. The zero-order valence-corrected chi connectivity index (χ0v) is 10.5. The molecule has 0 bridgehead atoms. The molecule has 2 rings (SSSR count). The molecule has 0 fully saturated rings. The van der Waals surface area contributed by atoms with E-state index in [2.05, 4.69) is 11.2 Å². The van der Waals surface area contributed by atoms with E-state index in [0.29, 0.717) is 11.4 Å². The largest absolute Gasteiger partial charge is 0.237 e. The van der Waals surface area contributed by atoms with E-state index >= 15 is 0 Å². The van der Waals surface area contributed by atoms with Crippen molar-refractivity contribution in [1.29, 1.82) is 5.26 Å². The van der Waals surface area contributed by atoms with E-state index in [-0.39, 0.29) is 0 Å². The highest BCUT2D eigenvalue weighted by Crippen LogP contribution is 2.20. The van der Waals surface area contributed by atoms with Crippen LogP contribution < -0.4 is 0 Å². The third-order valence-electron chi connectivity index (χ3n) is 2.60. The Morgan fingerprint density at radius 1 is 1.35 bits per heavy atom. The Bertz CT molecular complexity index is 593. The van der Waals surface area contributed by atoms with Crippen molar-refractivity contribution in [3.05, 3.63) is 46.2 Å². The van der Waals surface area contributed by atoms with Gasteiger partial charge in [0.25, 0.3) is 0 Å². The molecule has 0 aliphatic rings. The minimum absolute atomic E-state index is 0.327. The molecule has 1 heterocycles. The molecular weight excluding hydrogens is 234 g/mol. The van der Waals surface area contributed by atoms with Crippen molar-refractivity contribution >= 4 is 11.6 Å². The van der Waals surface area contributed by atoms with Crippen LogP contribution in [0, 0.1) is 25.2 Å². The fourth-order valence-electron chi connectivity index (χ4n) is 1.76. The lowest BCUT2D eigenvalue weighted by atomic mass is 10.2. The summed E-state index contributed by atoms with van der Waals surface area (Å²) in [6.45, 7) is 3.98. The second-order valence-corrected chi connectivity index (χ2v) is 4.39. The highest BCUT2D eigenvalue weighted by atomic mass is 35.5. The maximum atomic E-state index is 8.67. The molecule has 0 aliphatic carbocycles. The van der Waals surface area contributed by atoms with Crippen molar-refractivity contribution in [3.8, 4) is 11.8 Å². The van der Waals surface area contributed by atoms with Gasteiger partial charge >= 0.3 is 0 Å². The fraction of sp³-hybridized carbons (Fsp3) is 0.231. The van der Waals surface area contributed by atoms with Crippen molar-refractivity contribution in [1.82, 2.24) is 9.78 Å². The minimum Gasteiger partial charge on any atom is -0.237 e. The van der Waals surface area contributed by atoms with Gasteiger partial charge in [0.1, 0.15) is 0 Å². The zero-order valence-electron chi connectivity index (χ0n) is 9.74. The average Bonchev–Trinajstić information content (AvgIpc) is 2.64. The van der Waals surface area contributed by atoms with E-state index < -0.39 is 0 Å². The number of nitrogens with zero attached hydrogens (tertiary/aromatic N) is 3. The molecule has 1 aromatic heterocycles. The topological polar surface area (TPSA) is 41.6 Å². The van der Waals surface area contributed by atoms with Crippen molar-refractivity contribution in [2.75, 3.05) is 0 Å². The summed E-state index contributed by atoms with van der Waals surface area (Å²) in [6.07, 6.45) is 0.327. The van der Waals surface area contributed by atoms with Crippen LogP contribution in [0.3, 0.4) is 0 Å². The molecule has 0 N–H and O–H groups in total. The number of hydrogen-bond donors (Lipinski definition) is 0. The summed E-state index contributed by atoms with van der Waals surface area (Å²) < 4.78 is 1.83. The maximum Gasteiger partial charge on any atom is 0.0793 e. The Hall–Kier alpha value is -1.79. The molecule has 3 nitrogen and oxygen atoms in total. The van der Waals surface area contributed by atoms with Crippen LogP contribution in [0.4, 0.5) is 0 Å². The molecule has 1 aromatic carbocycles. The van der Waals surface area contributed by atoms with Gasteiger partial charge in [0.05, 0.1) is 23.9 Å². The Labute approximate surface area is 105 Å². The van der Waals surface area contributed by atoms with E-state index in [1.807, 2.05) is 42.8 Å². The first kappa shape index (κ1) is 11.7. The van der Waals surface area contributed by atoms with Crippen molar-refractivity contribution in [2.45, 2.75) is 20.3 Å². The van der Waals surface area contributed by atoms with Crippen LogP contribution in [0.15, 0.2) is 24.3 Å². The van der Waals surface area contributed by atoms with E-state index in [4.69, 9.17) is 16.9 Å². The number of rotatable bonds is 2. The van der Waals surface area contributed by atoms with E-state index in [1.54, 1.807) is 0 Å². The molecule has 0 saturated heterocycles. The second kappa shape index (κ2) is 4.60. The lowest BCUT2D eigenvalue weighted by Crippen LogP contribution is -2.01. The number of aromatic nitrogens is 2. The SMILES string of the molecule is Cc1ccc(Cl)cc1-n1nc(CC#N)cc1C. The summed E-state index contributed by atoms with van der Waals surface area (Å²) in [6, 6.07) is 9.72. The molecule has 0 amide bonds. The number of nitriles is 1. The van der Waals surface area contributed by atoms with E-state index in [9.17, 15) is 0 Å². The van der Waals surface area contributed by atoms with Gasteiger partial charge < -0.3 is 0 Å². The molecular formula is C13H12ClN3. The van der Waals surface area contributed by atoms with Crippen LogP contribution in [-0.4, -0.2) is 9.78 Å². The molecule has 0 radical (unpaired) electrons. The van der Waals surface area contributed by atoms with Gasteiger partial charge in [-0.3, -0.25) is 0 Å². The number of halogens is 1. The van der Waals surface area contributed by atoms with Crippen LogP contribution in [-0.2, 0) is 6.42 Å². The van der Waals surface area contributed by atoms with Crippen LogP contribution >= 0.6 is 11.6 Å².